The van der Waals surface area contributed by atoms with E-state index in [2.05, 4.69) is 27.8 Å². The highest BCUT2D eigenvalue weighted by molar-refractivity contribution is 9.09. The lowest BCUT2D eigenvalue weighted by molar-refractivity contribution is -0.136. The van der Waals surface area contributed by atoms with Gasteiger partial charge in [-0.2, -0.15) is 0 Å². The Kier molecular flexibility index (Phi) is 5.44. The Labute approximate surface area is 108 Å². The van der Waals surface area contributed by atoms with Crippen LogP contribution in [0.1, 0.15) is 28.8 Å². The van der Waals surface area contributed by atoms with Crippen molar-refractivity contribution < 1.29 is 14.7 Å². The van der Waals surface area contributed by atoms with Crippen LogP contribution in [0.4, 0.5) is 0 Å². The molecule has 3 nitrogen and oxygen atoms in total. The van der Waals surface area contributed by atoms with Crippen LogP contribution in [0.15, 0.2) is 24.3 Å². The number of benzene rings is 1. The summed E-state index contributed by atoms with van der Waals surface area (Å²) in [6.45, 7) is 0. The molecular weight excluding hydrogens is 284 g/mol. The molecule has 88 valence electrons. The van der Waals surface area contributed by atoms with E-state index in [1.807, 2.05) is 0 Å². The van der Waals surface area contributed by atoms with Gasteiger partial charge in [0.25, 0.3) is 0 Å². The molecule has 1 N–H and O–H groups in total. The molecule has 0 aromatic heterocycles. The Hall–Kier alpha value is -1.60. The average molecular weight is 295 g/mol. The predicted molar refractivity (Wildman–Crippen MR) is 68.3 cm³/mol. The highest BCUT2D eigenvalue weighted by atomic mass is 79.9. The molecule has 4 heteroatoms. The monoisotopic (exact) mass is 294 g/mol. The van der Waals surface area contributed by atoms with Crippen molar-refractivity contribution in [1.82, 2.24) is 0 Å². The van der Waals surface area contributed by atoms with E-state index in [1.54, 1.807) is 24.3 Å². The summed E-state index contributed by atoms with van der Waals surface area (Å²) in [5.41, 5.74) is 1.36. The number of Topliss-reactive ketones (excluding diaryl/α,β-unsaturated/α-hetero) is 1. The van der Waals surface area contributed by atoms with Gasteiger partial charge >= 0.3 is 5.97 Å². The summed E-state index contributed by atoms with van der Waals surface area (Å²) in [6.07, 6.45) is -0.105. The minimum absolute atomic E-state index is 0.0295. The number of carboxylic acid groups (broad SMARTS) is 1. The van der Waals surface area contributed by atoms with Gasteiger partial charge in [-0.3, -0.25) is 9.59 Å². The zero-order valence-corrected chi connectivity index (χ0v) is 10.7. The molecule has 17 heavy (non-hydrogen) atoms. The molecule has 0 aliphatic rings. The van der Waals surface area contributed by atoms with Crippen molar-refractivity contribution in [1.29, 1.82) is 0 Å². The second-order valence-corrected chi connectivity index (χ2v) is 3.89. The molecule has 0 saturated carbocycles. The predicted octanol–water partition coefficient (Wildman–Crippen LogP) is 2.48. The van der Waals surface area contributed by atoms with Gasteiger partial charge in [0.2, 0.25) is 0 Å². The van der Waals surface area contributed by atoms with Crippen molar-refractivity contribution >= 4 is 27.7 Å². The van der Waals surface area contributed by atoms with Gasteiger partial charge in [0.05, 0.1) is 11.8 Å². The van der Waals surface area contributed by atoms with E-state index in [1.165, 1.54) is 0 Å². The summed E-state index contributed by atoms with van der Waals surface area (Å²) in [4.78, 5) is 21.9. The third-order valence-corrected chi connectivity index (χ3v) is 2.35. The van der Waals surface area contributed by atoms with Crippen LogP contribution in [0.5, 0.6) is 0 Å². The minimum atomic E-state index is -0.960. The molecule has 0 atom stereocenters. The lowest BCUT2D eigenvalue weighted by Crippen LogP contribution is -2.03. The van der Waals surface area contributed by atoms with Crippen LogP contribution in [-0.2, 0) is 4.79 Å². The number of rotatable bonds is 4. The van der Waals surface area contributed by atoms with Crippen molar-refractivity contribution in [3.05, 3.63) is 35.4 Å². The topological polar surface area (TPSA) is 54.4 Å². The summed E-state index contributed by atoms with van der Waals surface area (Å²) in [7, 11) is 0. The normalized spacial score (nSPS) is 9.24. The molecule has 1 aromatic carbocycles. The molecule has 0 aliphatic carbocycles. The fourth-order valence-corrected chi connectivity index (χ4v) is 1.38. The molecule has 0 fully saturated rings. The Morgan fingerprint density at radius 2 is 1.82 bits per heavy atom. The second-order valence-electron chi connectivity index (χ2n) is 3.33. The zero-order chi connectivity index (χ0) is 12.7. The third-order valence-electron chi connectivity index (χ3n) is 2.07. The fraction of sp³-hybridized carbons (Fsp3) is 0.231. The van der Waals surface area contributed by atoms with Crippen LogP contribution in [0.2, 0.25) is 0 Å². The SMILES string of the molecule is O=C(O)CCC(=O)c1ccc(C#CCBr)cc1. The maximum absolute atomic E-state index is 11.6. The number of carbonyl (C=O) groups excluding carboxylic acids is 1. The van der Waals surface area contributed by atoms with E-state index in [-0.39, 0.29) is 18.6 Å². The first-order valence-electron chi connectivity index (χ1n) is 5.03. The number of alkyl halides is 1. The van der Waals surface area contributed by atoms with Gasteiger partial charge in [0.15, 0.2) is 5.78 Å². The first-order chi connectivity index (χ1) is 8.13. The van der Waals surface area contributed by atoms with Gasteiger partial charge in [0, 0.05) is 17.5 Å². The van der Waals surface area contributed by atoms with E-state index in [0.717, 1.165) is 5.56 Å². The number of carbonyl (C=O) groups is 2. The molecule has 1 aromatic rings. The van der Waals surface area contributed by atoms with Gasteiger partial charge in [-0.25, -0.2) is 0 Å². The summed E-state index contributed by atoms with van der Waals surface area (Å²) < 4.78 is 0. The summed E-state index contributed by atoms with van der Waals surface area (Å²) in [5, 5.41) is 9.08. The summed E-state index contributed by atoms with van der Waals surface area (Å²) in [6, 6.07) is 6.85. The number of aliphatic carboxylic acids is 1. The van der Waals surface area contributed by atoms with Crippen molar-refractivity contribution in [3.8, 4) is 11.8 Å². The van der Waals surface area contributed by atoms with Gasteiger partial charge in [-0.05, 0) is 12.1 Å². The van der Waals surface area contributed by atoms with Crippen LogP contribution >= 0.6 is 15.9 Å². The first kappa shape index (κ1) is 13.5. The van der Waals surface area contributed by atoms with E-state index in [0.29, 0.717) is 10.9 Å². The van der Waals surface area contributed by atoms with Crippen molar-refractivity contribution in [2.24, 2.45) is 0 Å². The third kappa shape index (κ3) is 4.83. The maximum Gasteiger partial charge on any atom is 0.303 e. The zero-order valence-electron chi connectivity index (χ0n) is 9.07. The number of hydrogen-bond acceptors (Lipinski definition) is 2. The molecule has 0 unspecified atom stereocenters. The van der Waals surface area contributed by atoms with E-state index < -0.39 is 5.97 Å². The van der Waals surface area contributed by atoms with Gasteiger partial charge in [-0.1, -0.05) is 39.9 Å². The molecule has 0 saturated heterocycles. The average Bonchev–Trinajstić information content (AvgIpc) is 2.34. The van der Waals surface area contributed by atoms with E-state index in [4.69, 9.17) is 5.11 Å². The van der Waals surface area contributed by atoms with E-state index in [9.17, 15) is 9.59 Å². The Morgan fingerprint density at radius 3 is 2.35 bits per heavy atom. The highest BCUT2D eigenvalue weighted by Gasteiger charge is 2.07. The molecule has 0 radical (unpaired) electrons. The number of halogens is 1. The largest absolute Gasteiger partial charge is 0.481 e. The molecular formula is C13H11BrO3. The Bertz CT molecular complexity index is 466. The highest BCUT2D eigenvalue weighted by Crippen LogP contribution is 2.07. The van der Waals surface area contributed by atoms with Crippen molar-refractivity contribution in [2.75, 3.05) is 5.33 Å². The lowest BCUT2D eigenvalue weighted by Gasteiger charge is -1.99. The minimum Gasteiger partial charge on any atom is -0.481 e. The number of hydrogen-bond donors (Lipinski definition) is 1. The second kappa shape index (κ2) is 6.87. The lowest BCUT2D eigenvalue weighted by atomic mass is 10.0. The van der Waals surface area contributed by atoms with Crippen molar-refractivity contribution in [3.63, 3.8) is 0 Å². The fourth-order valence-electron chi connectivity index (χ4n) is 1.24. The number of ketones is 1. The van der Waals surface area contributed by atoms with Gasteiger partial charge in [-0.15, -0.1) is 0 Å². The summed E-state index contributed by atoms with van der Waals surface area (Å²) >= 11 is 3.20. The van der Waals surface area contributed by atoms with Crippen LogP contribution in [0, 0.1) is 11.8 Å². The van der Waals surface area contributed by atoms with Crippen LogP contribution in [0.25, 0.3) is 0 Å². The summed E-state index contributed by atoms with van der Waals surface area (Å²) in [5.74, 6) is 4.65. The smallest absolute Gasteiger partial charge is 0.303 e. The molecule has 0 aliphatic heterocycles. The molecule has 0 amide bonds. The van der Waals surface area contributed by atoms with Crippen LogP contribution < -0.4 is 0 Å². The molecule has 1 rings (SSSR count). The Morgan fingerprint density at radius 1 is 1.18 bits per heavy atom. The first-order valence-corrected chi connectivity index (χ1v) is 6.15. The van der Waals surface area contributed by atoms with Crippen molar-refractivity contribution in [2.45, 2.75) is 12.8 Å². The maximum atomic E-state index is 11.6. The quantitative estimate of drug-likeness (QED) is 0.527. The number of carboxylic acids is 1. The van der Waals surface area contributed by atoms with Gasteiger partial charge in [0.1, 0.15) is 0 Å². The Balaban J connectivity index is 2.67. The van der Waals surface area contributed by atoms with E-state index >= 15 is 0 Å². The molecule has 0 spiro atoms. The van der Waals surface area contributed by atoms with Gasteiger partial charge < -0.3 is 5.11 Å². The van der Waals surface area contributed by atoms with Crippen LogP contribution in [-0.4, -0.2) is 22.2 Å². The van der Waals surface area contributed by atoms with Crippen LogP contribution in [0.3, 0.4) is 0 Å². The molecule has 0 heterocycles. The molecule has 0 bridgehead atoms. The standard InChI is InChI=1S/C13H11BrO3/c14-9-1-2-10-3-5-11(6-4-10)12(15)7-8-13(16)17/h3-6H,7-9H2,(H,16,17).